The number of Topliss-reactive ketones (excluding diaryl/α,β-unsaturated/α-hetero) is 1. The zero-order valence-corrected chi connectivity index (χ0v) is 14.8. The molecule has 25 heavy (non-hydrogen) atoms. The Morgan fingerprint density at radius 2 is 1.80 bits per heavy atom. The SMILES string of the molecule is CCC(=O)c1ccc(OCC(=O)NC(=O)NC2CCCCC2C)cc1. The van der Waals surface area contributed by atoms with Crippen molar-refractivity contribution in [1.29, 1.82) is 0 Å². The van der Waals surface area contributed by atoms with Crippen molar-refractivity contribution >= 4 is 17.7 Å². The predicted molar refractivity (Wildman–Crippen MR) is 94.7 cm³/mol. The first-order valence-corrected chi connectivity index (χ1v) is 8.86. The Bertz CT molecular complexity index is 612. The molecule has 2 unspecified atom stereocenters. The quantitative estimate of drug-likeness (QED) is 0.775. The van der Waals surface area contributed by atoms with Crippen LogP contribution in [0.15, 0.2) is 24.3 Å². The fourth-order valence-electron chi connectivity index (χ4n) is 2.99. The predicted octanol–water partition coefficient (Wildman–Crippen LogP) is 3.06. The maximum atomic E-state index is 11.9. The van der Waals surface area contributed by atoms with Crippen LogP contribution < -0.4 is 15.4 Å². The van der Waals surface area contributed by atoms with E-state index in [9.17, 15) is 14.4 Å². The van der Waals surface area contributed by atoms with Crippen LogP contribution in [0.25, 0.3) is 0 Å². The number of nitrogens with one attached hydrogen (secondary N) is 2. The van der Waals surface area contributed by atoms with Gasteiger partial charge in [0.25, 0.3) is 5.91 Å². The summed E-state index contributed by atoms with van der Waals surface area (Å²) >= 11 is 0. The number of ether oxygens (including phenoxy) is 1. The molecule has 6 heteroatoms. The van der Waals surface area contributed by atoms with Crippen molar-refractivity contribution in [3.8, 4) is 5.75 Å². The van der Waals surface area contributed by atoms with Crippen LogP contribution in [0.5, 0.6) is 5.75 Å². The topological polar surface area (TPSA) is 84.5 Å². The number of imide groups is 1. The highest BCUT2D eigenvalue weighted by molar-refractivity contribution is 5.96. The molecule has 1 aliphatic rings. The van der Waals surface area contributed by atoms with Crippen LogP contribution in [0.4, 0.5) is 4.79 Å². The fraction of sp³-hybridized carbons (Fsp3) is 0.526. The number of urea groups is 1. The summed E-state index contributed by atoms with van der Waals surface area (Å²) in [6, 6.07) is 6.24. The van der Waals surface area contributed by atoms with E-state index in [0.717, 1.165) is 19.3 Å². The largest absolute Gasteiger partial charge is 0.484 e. The molecule has 0 heterocycles. The minimum atomic E-state index is -0.505. The van der Waals surface area contributed by atoms with Gasteiger partial charge in [-0.15, -0.1) is 0 Å². The summed E-state index contributed by atoms with van der Waals surface area (Å²) in [4.78, 5) is 35.3. The average Bonchev–Trinajstić information content (AvgIpc) is 2.61. The van der Waals surface area contributed by atoms with Gasteiger partial charge in [0.1, 0.15) is 5.75 Å². The summed E-state index contributed by atoms with van der Waals surface area (Å²) in [5.74, 6) is 0.451. The van der Waals surface area contributed by atoms with E-state index >= 15 is 0 Å². The molecule has 1 fully saturated rings. The molecule has 1 saturated carbocycles. The molecular formula is C19H26N2O4. The Balaban J connectivity index is 1.74. The number of hydrogen-bond acceptors (Lipinski definition) is 4. The number of rotatable bonds is 6. The minimum absolute atomic E-state index is 0.0536. The maximum absolute atomic E-state index is 11.9. The van der Waals surface area contributed by atoms with E-state index in [1.165, 1.54) is 6.42 Å². The lowest BCUT2D eigenvalue weighted by Gasteiger charge is -2.29. The molecule has 0 spiro atoms. The highest BCUT2D eigenvalue weighted by atomic mass is 16.5. The highest BCUT2D eigenvalue weighted by Crippen LogP contribution is 2.23. The Morgan fingerprint density at radius 1 is 1.12 bits per heavy atom. The van der Waals surface area contributed by atoms with Crippen molar-refractivity contribution in [2.24, 2.45) is 5.92 Å². The van der Waals surface area contributed by atoms with E-state index in [0.29, 0.717) is 23.7 Å². The van der Waals surface area contributed by atoms with Crippen molar-refractivity contribution in [2.75, 3.05) is 6.61 Å². The van der Waals surface area contributed by atoms with Gasteiger partial charge in [-0.1, -0.05) is 26.7 Å². The van der Waals surface area contributed by atoms with Crippen molar-refractivity contribution < 1.29 is 19.1 Å². The van der Waals surface area contributed by atoms with E-state index in [-0.39, 0.29) is 18.4 Å². The van der Waals surface area contributed by atoms with Gasteiger partial charge in [0, 0.05) is 18.0 Å². The van der Waals surface area contributed by atoms with E-state index in [2.05, 4.69) is 17.6 Å². The molecule has 0 aliphatic heterocycles. The lowest BCUT2D eigenvalue weighted by molar-refractivity contribution is -0.122. The van der Waals surface area contributed by atoms with Crippen LogP contribution in [-0.4, -0.2) is 30.4 Å². The van der Waals surface area contributed by atoms with Gasteiger partial charge in [-0.05, 0) is 43.0 Å². The number of hydrogen-bond donors (Lipinski definition) is 2. The molecule has 0 aromatic heterocycles. The second kappa shape index (κ2) is 9.20. The molecule has 0 bridgehead atoms. The van der Waals surface area contributed by atoms with Crippen LogP contribution in [-0.2, 0) is 4.79 Å². The van der Waals surface area contributed by atoms with Gasteiger partial charge >= 0.3 is 6.03 Å². The Labute approximate surface area is 148 Å². The van der Waals surface area contributed by atoms with Gasteiger partial charge in [-0.3, -0.25) is 14.9 Å². The third-order valence-corrected chi connectivity index (χ3v) is 4.55. The maximum Gasteiger partial charge on any atom is 0.321 e. The molecule has 3 amide bonds. The van der Waals surface area contributed by atoms with Crippen molar-refractivity contribution in [2.45, 2.75) is 52.0 Å². The van der Waals surface area contributed by atoms with Crippen LogP contribution in [0.3, 0.4) is 0 Å². The van der Waals surface area contributed by atoms with Crippen LogP contribution >= 0.6 is 0 Å². The molecule has 2 atom stereocenters. The number of carbonyl (C=O) groups is 3. The summed E-state index contributed by atoms with van der Waals surface area (Å²) in [6.45, 7) is 3.66. The van der Waals surface area contributed by atoms with E-state index < -0.39 is 11.9 Å². The van der Waals surface area contributed by atoms with Gasteiger partial charge in [-0.25, -0.2) is 4.79 Å². The Kier molecular flexibility index (Phi) is 6.98. The van der Waals surface area contributed by atoms with Crippen LogP contribution in [0, 0.1) is 5.92 Å². The third-order valence-electron chi connectivity index (χ3n) is 4.55. The first-order chi connectivity index (χ1) is 12.0. The number of benzene rings is 1. The number of carbonyl (C=O) groups excluding carboxylic acids is 3. The number of ketones is 1. The van der Waals surface area contributed by atoms with E-state index in [1.807, 2.05) is 0 Å². The summed E-state index contributed by atoms with van der Waals surface area (Å²) in [6.07, 6.45) is 4.78. The Morgan fingerprint density at radius 3 is 2.44 bits per heavy atom. The van der Waals surface area contributed by atoms with E-state index in [4.69, 9.17) is 4.74 Å². The first kappa shape index (κ1) is 19.0. The summed E-state index contributed by atoms with van der Waals surface area (Å²) in [5.41, 5.74) is 0.611. The molecule has 1 aliphatic carbocycles. The lowest BCUT2D eigenvalue weighted by atomic mass is 9.86. The second-order valence-electron chi connectivity index (χ2n) is 6.48. The van der Waals surface area contributed by atoms with Crippen LogP contribution in [0.1, 0.15) is 56.3 Å². The number of amides is 3. The van der Waals surface area contributed by atoms with Crippen LogP contribution in [0.2, 0.25) is 0 Å². The zero-order chi connectivity index (χ0) is 18.2. The van der Waals surface area contributed by atoms with E-state index in [1.54, 1.807) is 31.2 Å². The molecular weight excluding hydrogens is 320 g/mol. The smallest absolute Gasteiger partial charge is 0.321 e. The van der Waals surface area contributed by atoms with Gasteiger partial charge < -0.3 is 10.1 Å². The van der Waals surface area contributed by atoms with Crippen molar-refractivity contribution in [3.05, 3.63) is 29.8 Å². The third kappa shape index (κ3) is 5.89. The zero-order valence-electron chi connectivity index (χ0n) is 14.8. The minimum Gasteiger partial charge on any atom is -0.484 e. The molecule has 0 radical (unpaired) electrons. The molecule has 2 N–H and O–H groups in total. The molecule has 0 saturated heterocycles. The molecule has 6 nitrogen and oxygen atoms in total. The standard InChI is InChI=1S/C19H26N2O4/c1-3-17(22)14-8-10-15(11-9-14)25-12-18(23)21-19(24)20-16-7-5-4-6-13(16)2/h8-11,13,16H,3-7,12H2,1-2H3,(H2,20,21,23,24). The molecule has 136 valence electrons. The van der Waals surface area contributed by atoms with Crippen molar-refractivity contribution in [1.82, 2.24) is 10.6 Å². The summed E-state index contributed by atoms with van der Waals surface area (Å²) in [7, 11) is 0. The van der Waals surface area contributed by atoms with Gasteiger partial charge in [-0.2, -0.15) is 0 Å². The molecule has 1 aromatic rings. The summed E-state index contributed by atoms with van der Waals surface area (Å²) in [5, 5.41) is 5.15. The molecule has 1 aromatic carbocycles. The first-order valence-electron chi connectivity index (χ1n) is 8.86. The highest BCUT2D eigenvalue weighted by Gasteiger charge is 2.23. The monoisotopic (exact) mass is 346 g/mol. The summed E-state index contributed by atoms with van der Waals surface area (Å²) < 4.78 is 5.34. The fourth-order valence-corrected chi connectivity index (χ4v) is 2.99. The van der Waals surface area contributed by atoms with Gasteiger partial charge in [0.15, 0.2) is 12.4 Å². The second-order valence-corrected chi connectivity index (χ2v) is 6.48. The normalized spacial score (nSPS) is 19.8. The Hall–Kier alpha value is -2.37. The van der Waals surface area contributed by atoms with Gasteiger partial charge in [0.05, 0.1) is 0 Å². The molecule has 2 rings (SSSR count). The lowest BCUT2D eigenvalue weighted by Crippen LogP contribution is -2.48. The van der Waals surface area contributed by atoms with Crippen molar-refractivity contribution in [3.63, 3.8) is 0 Å². The average molecular weight is 346 g/mol. The van der Waals surface area contributed by atoms with Gasteiger partial charge in [0.2, 0.25) is 0 Å².